The number of amides is 1. The van der Waals surface area contributed by atoms with Crippen molar-refractivity contribution in [3.8, 4) is 5.75 Å². The molecule has 2 atom stereocenters. The predicted molar refractivity (Wildman–Crippen MR) is 157 cm³/mol. The lowest BCUT2D eigenvalue weighted by Gasteiger charge is -2.34. The van der Waals surface area contributed by atoms with Gasteiger partial charge < -0.3 is 10.5 Å². The van der Waals surface area contributed by atoms with E-state index in [4.69, 9.17) is 10.5 Å². The van der Waals surface area contributed by atoms with Crippen LogP contribution in [0.1, 0.15) is 73.5 Å². The number of aryl methyl sites for hydroxylation is 3. The summed E-state index contributed by atoms with van der Waals surface area (Å²) >= 11 is 0. The number of benzene rings is 2. The number of aromatic nitrogens is 4. The summed E-state index contributed by atoms with van der Waals surface area (Å²) in [5.74, 6) is 0.282. The Balaban J connectivity index is 1.56. The molecule has 0 bridgehead atoms. The summed E-state index contributed by atoms with van der Waals surface area (Å²) in [7, 11) is 0. The maximum Gasteiger partial charge on any atom is 0.224 e. The van der Waals surface area contributed by atoms with Gasteiger partial charge >= 0.3 is 0 Å². The molecule has 210 valence electrons. The maximum absolute atomic E-state index is 12.9. The van der Waals surface area contributed by atoms with Crippen LogP contribution in [0.3, 0.4) is 0 Å². The SMILES string of the molecule is CC[C@@H]1CN(Cc2cc([C@@H](c3ccc4c(nnn4CC)c3C)C(C)(C)C(N)=O)ccc2C)Cc2ncccc2O1. The number of primary amides is 1. The molecular weight excluding hydrogens is 500 g/mol. The molecule has 0 radical (unpaired) electrons. The number of nitrogens with two attached hydrogens (primary N) is 1. The van der Waals surface area contributed by atoms with E-state index < -0.39 is 5.41 Å². The molecule has 8 nitrogen and oxygen atoms in total. The van der Waals surface area contributed by atoms with E-state index in [1.54, 1.807) is 0 Å². The summed E-state index contributed by atoms with van der Waals surface area (Å²) in [5, 5.41) is 8.80. The third-order valence-electron chi connectivity index (χ3n) is 8.48. The summed E-state index contributed by atoms with van der Waals surface area (Å²) in [4.78, 5) is 19.9. The third kappa shape index (κ3) is 5.08. The molecule has 40 heavy (non-hydrogen) atoms. The van der Waals surface area contributed by atoms with E-state index in [0.717, 1.165) is 71.8 Å². The number of hydrogen-bond acceptors (Lipinski definition) is 6. The first-order chi connectivity index (χ1) is 19.1. The summed E-state index contributed by atoms with van der Waals surface area (Å²) in [6.07, 6.45) is 2.84. The van der Waals surface area contributed by atoms with Crippen LogP contribution in [0.5, 0.6) is 5.75 Å². The highest BCUT2D eigenvalue weighted by Gasteiger charge is 2.39. The molecule has 8 heteroatoms. The average Bonchev–Trinajstić information content (AvgIpc) is 3.27. The second kappa shape index (κ2) is 11.0. The van der Waals surface area contributed by atoms with Gasteiger partial charge in [0.1, 0.15) is 17.4 Å². The summed E-state index contributed by atoms with van der Waals surface area (Å²) in [6, 6.07) is 14.7. The minimum atomic E-state index is -0.835. The number of ether oxygens (including phenoxy) is 1. The lowest BCUT2D eigenvalue weighted by Crippen LogP contribution is -2.38. The van der Waals surface area contributed by atoms with E-state index in [1.165, 1.54) is 11.1 Å². The summed E-state index contributed by atoms with van der Waals surface area (Å²) < 4.78 is 8.18. The Hall–Kier alpha value is -3.78. The van der Waals surface area contributed by atoms with Crippen LogP contribution in [0.4, 0.5) is 0 Å². The van der Waals surface area contributed by atoms with E-state index in [9.17, 15) is 4.79 Å². The number of pyridine rings is 1. The van der Waals surface area contributed by atoms with Gasteiger partial charge in [0.2, 0.25) is 5.91 Å². The Morgan fingerprint density at radius 2 is 1.98 bits per heavy atom. The first-order valence-electron chi connectivity index (χ1n) is 14.2. The van der Waals surface area contributed by atoms with E-state index >= 15 is 0 Å². The number of hydrogen-bond donors (Lipinski definition) is 1. The Labute approximate surface area is 236 Å². The molecule has 0 unspecified atom stereocenters. The monoisotopic (exact) mass is 540 g/mol. The quantitative estimate of drug-likeness (QED) is 0.326. The van der Waals surface area contributed by atoms with Crippen molar-refractivity contribution in [2.24, 2.45) is 11.1 Å². The number of carbonyl (C=O) groups is 1. The minimum Gasteiger partial charge on any atom is -0.487 e. The molecule has 0 fully saturated rings. The molecule has 5 rings (SSSR count). The van der Waals surface area contributed by atoms with Crippen LogP contribution in [0.15, 0.2) is 48.7 Å². The van der Waals surface area contributed by atoms with Crippen LogP contribution in [0, 0.1) is 19.3 Å². The van der Waals surface area contributed by atoms with Gasteiger partial charge in [0.15, 0.2) is 0 Å². The predicted octanol–water partition coefficient (Wildman–Crippen LogP) is 5.28. The Bertz CT molecular complexity index is 1540. The molecule has 1 aliphatic heterocycles. The van der Waals surface area contributed by atoms with Gasteiger partial charge in [-0.05, 0) is 73.2 Å². The second-order valence-corrected chi connectivity index (χ2v) is 11.5. The minimum absolute atomic E-state index is 0.0985. The van der Waals surface area contributed by atoms with Crippen LogP contribution in [-0.4, -0.2) is 43.4 Å². The van der Waals surface area contributed by atoms with Gasteiger partial charge in [-0.25, -0.2) is 4.68 Å². The number of nitrogens with zero attached hydrogens (tertiary/aromatic N) is 5. The van der Waals surface area contributed by atoms with Gasteiger partial charge in [-0.1, -0.05) is 50.3 Å². The van der Waals surface area contributed by atoms with Crippen molar-refractivity contribution in [2.75, 3.05) is 6.54 Å². The highest BCUT2D eigenvalue weighted by molar-refractivity contribution is 5.84. The zero-order valence-corrected chi connectivity index (χ0v) is 24.4. The fraction of sp³-hybridized carbons (Fsp3) is 0.438. The van der Waals surface area contributed by atoms with Gasteiger partial charge in [-0.15, -0.1) is 5.10 Å². The van der Waals surface area contributed by atoms with Crippen LogP contribution >= 0.6 is 0 Å². The van der Waals surface area contributed by atoms with Gasteiger partial charge in [-0.2, -0.15) is 0 Å². The normalized spacial score (nSPS) is 16.8. The van der Waals surface area contributed by atoms with Crippen molar-refractivity contribution in [1.29, 1.82) is 0 Å². The smallest absolute Gasteiger partial charge is 0.224 e. The second-order valence-electron chi connectivity index (χ2n) is 11.5. The first-order valence-corrected chi connectivity index (χ1v) is 14.2. The molecule has 2 aromatic heterocycles. The van der Waals surface area contributed by atoms with Crippen molar-refractivity contribution in [3.05, 3.63) is 82.2 Å². The molecule has 0 spiro atoms. The summed E-state index contributed by atoms with van der Waals surface area (Å²) in [6.45, 7) is 15.3. The largest absolute Gasteiger partial charge is 0.487 e. The lowest BCUT2D eigenvalue weighted by atomic mass is 9.69. The molecule has 0 saturated carbocycles. The molecule has 1 amide bonds. The van der Waals surface area contributed by atoms with Gasteiger partial charge in [0.05, 0.1) is 16.6 Å². The molecule has 0 saturated heterocycles. The van der Waals surface area contributed by atoms with Crippen LogP contribution in [0.25, 0.3) is 11.0 Å². The highest BCUT2D eigenvalue weighted by atomic mass is 16.5. The standard InChI is InChI=1S/C32H40N6O2/c1-7-24-18-37(19-26-28(40-24)10-9-15-34-26)17-23-16-22(12-11-20(23)3)29(32(5,6)31(33)39)25-13-14-27-30(21(25)4)35-36-38(27)8-2/h9-16,24,29H,7-8,17-19H2,1-6H3,(H2,33,39)/t24-,29+/m1/s1. The molecule has 2 N–H and O–H groups in total. The van der Waals surface area contributed by atoms with Crippen LogP contribution in [0.2, 0.25) is 0 Å². The van der Waals surface area contributed by atoms with Crippen molar-refractivity contribution >= 4 is 16.9 Å². The van der Waals surface area contributed by atoms with Gasteiger partial charge in [-0.3, -0.25) is 14.7 Å². The van der Waals surface area contributed by atoms with Gasteiger partial charge in [0, 0.05) is 38.3 Å². The average molecular weight is 541 g/mol. The molecule has 4 aromatic rings. The fourth-order valence-electron chi connectivity index (χ4n) is 5.90. The van der Waals surface area contributed by atoms with E-state index in [2.05, 4.69) is 78.2 Å². The van der Waals surface area contributed by atoms with E-state index in [-0.39, 0.29) is 17.9 Å². The van der Waals surface area contributed by atoms with Crippen molar-refractivity contribution in [3.63, 3.8) is 0 Å². The van der Waals surface area contributed by atoms with E-state index in [0.29, 0.717) is 0 Å². The Kier molecular flexibility index (Phi) is 7.64. The first kappa shape index (κ1) is 27.8. The third-order valence-corrected chi connectivity index (χ3v) is 8.48. The van der Waals surface area contributed by atoms with Crippen LogP contribution in [-0.2, 0) is 24.4 Å². The zero-order valence-electron chi connectivity index (χ0n) is 24.4. The van der Waals surface area contributed by atoms with Crippen molar-refractivity contribution < 1.29 is 9.53 Å². The molecule has 3 heterocycles. The maximum atomic E-state index is 12.9. The Morgan fingerprint density at radius 3 is 2.70 bits per heavy atom. The lowest BCUT2D eigenvalue weighted by molar-refractivity contribution is -0.126. The number of fused-ring (bicyclic) bond motifs is 2. The molecule has 1 aliphatic rings. The van der Waals surface area contributed by atoms with E-state index in [1.807, 2.05) is 36.9 Å². The van der Waals surface area contributed by atoms with Crippen LogP contribution < -0.4 is 10.5 Å². The van der Waals surface area contributed by atoms with Gasteiger partial charge in [0.25, 0.3) is 0 Å². The Morgan fingerprint density at radius 1 is 1.18 bits per heavy atom. The number of carbonyl (C=O) groups excluding carboxylic acids is 1. The van der Waals surface area contributed by atoms with Crippen molar-refractivity contribution in [1.82, 2.24) is 24.9 Å². The fourth-order valence-corrected chi connectivity index (χ4v) is 5.90. The molecule has 2 aromatic carbocycles. The number of rotatable bonds is 8. The zero-order chi connectivity index (χ0) is 28.6. The molecular formula is C32H40N6O2. The topological polar surface area (TPSA) is 99.2 Å². The van der Waals surface area contributed by atoms with Crippen molar-refractivity contribution in [2.45, 2.75) is 79.6 Å². The highest BCUT2D eigenvalue weighted by Crippen LogP contribution is 2.44. The summed E-state index contributed by atoms with van der Waals surface area (Å²) in [5.41, 5.74) is 13.6. The molecule has 0 aliphatic carbocycles.